The highest BCUT2D eigenvalue weighted by Gasteiger charge is 2.46. The van der Waals surface area contributed by atoms with Crippen LogP contribution in [0.5, 0.6) is 0 Å². The first-order valence-electron chi connectivity index (χ1n) is 8.27. The van der Waals surface area contributed by atoms with Crippen molar-refractivity contribution in [3.05, 3.63) is 35.9 Å². The van der Waals surface area contributed by atoms with Crippen LogP contribution in [-0.4, -0.2) is 67.5 Å². The van der Waals surface area contributed by atoms with Crippen LogP contribution in [0.2, 0.25) is 0 Å². The number of likely N-dealkylation sites (N-methyl/N-ethyl adjacent to an activating group) is 1. The Morgan fingerprint density at radius 3 is 2.68 bits per heavy atom. The van der Waals surface area contributed by atoms with Crippen LogP contribution in [0, 0.1) is 0 Å². The van der Waals surface area contributed by atoms with E-state index >= 15 is 4.48 Å². The van der Waals surface area contributed by atoms with Gasteiger partial charge in [-0.3, -0.25) is 4.90 Å². The largest absolute Gasteiger partial charge is 0.292 e. The molecule has 22 heavy (non-hydrogen) atoms. The fraction of sp³-hybridized carbons (Fsp3) is 0.611. The van der Waals surface area contributed by atoms with E-state index in [1.165, 1.54) is 5.56 Å². The minimum Gasteiger partial charge on any atom is -0.292 e. The first-order valence-corrected chi connectivity index (χ1v) is 10.4. The second-order valence-corrected chi connectivity index (χ2v) is 8.83. The molecule has 1 aromatic rings. The molecule has 0 amide bonds. The van der Waals surface area contributed by atoms with Gasteiger partial charge < -0.3 is 0 Å². The summed E-state index contributed by atoms with van der Waals surface area (Å²) in [5, 5.41) is 0. The van der Waals surface area contributed by atoms with Gasteiger partial charge in [-0.1, -0.05) is 37.3 Å². The molecule has 1 aliphatic rings. The van der Waals surface area contributed by atoms with E-state index in [1.807, 2.05) is 6.07 Å². The molecule has 0 radical (unpaired) electrons. The highest BCUT2D eigenvalue weighted by atomic mass is 31.1. The minimum absolute atomic E-state index is 0.112. The summed E-state index contributed by atoms with van der Waals surface area (Å²) in [5.41, 5.74) is 1.30. The molecule has 1 heterocycles. The van der Waals surface area contributed by atoms with Crippen molar-refractivity contribution in [2.75, 3.05) is 39.5 Å². The van der Waals surface area contributed by atoms with Crippen LogP contribution in [0.3, 0.4) is 0 Å². The van der Waals surface area contributed by atoms with E-state index in [0.717, 1.165) is 25.5 Å². The fourth-order valence-electron chi connectivity index (χ4n) is 3.49. The summed E-state index contributed by atoms with van der Waals surface area (Å²) in [4.78, 5) is 2.33. The molecule has 1 aromatic carbocycles. The quantitative estimate of drug-likeness (QED) is 0.571. The van der Waals surface area contributed by atoms with Crippen LogP contribution in [0.25, 0.3) is 0 Å². The average Bonchev–Trinajstić information content (AvgIpc) is 2.49. The second kappa shape index (κ2) is 7.68. The van der Waals surface area contributed by atoms with E-state index < -0.39 is 0 Å². The maximum absolute atomic E-state index is 15.6. The molecule has 1 aliphatic heterocycles. The lowest BCUT2D eigenvalue weighted by atomic mass is 10.0. The lowest BCUT2D eigenvalue weighted by Gasteiger charge is -2.43. The second-order valence-electron chi connectivity index (χ2n) is 6.76. The Bertz CT molecular complexity index is 493. The van der Waals surface area contributed by atoms with Crippen LogP contribution < -0.4 is 0 Å². The minimum atomic E-state index is -0.295. The normalized spacial score (nSPS) is 28.4. The molecular weight excluding hydrogens is 294 g/mol. The van der Waals surface area contributed by atoms with E-state index in [1.54, 1.807) is 0 Å². The van der Waals surface area contributed by atoms with Crippen molar-refractivity contribution in [2.45, 2.75) is 31.8 Å². The zero-order valence-corrected chi connectivity index (χ0v) is 15.1. The van der Waals surface area contributed by atoms with Gasteiger partial charge in [0.1, 0.15) is 13.1 Å². The smallest absolute Gasteiger partial charge is 0.165 e. The molecule has 4 atom stereocenters. The van der Waals surface area contributed by atoms with Crippen molar-refractivity contribution >= 4 is 13.8 Å². The molecule has 0 saturated carbocycles. The number of hydrogen-bond acceptors (Lipinski definition) is 1. The third-order valence-electron chi connectivity index (χ3n) is 4.92. The Kier molecular flexibility index (Phi) is 6.14. The van der Waals surface area contributed by atoms with E-state index in [2.05, 4.69) is 56.1 Å². The van der Waals surface area contributed by atoms with Gasteiger partial charge in [-0.2, -0.15) is 0 Å². The Balaban J connectivity index is 2.10. The molecule has 2 rings (SSSR count). The van der Waals surface area contributed by atoms with Gasteiger partial charge in [0.2, 0.25) is 0 Å². The first-order chi connectivity index (χ1) is 10.4. The van der Waals surface area contributed by atoms with Crippen molar-refractivity contribution < 1.29 is 9.19 Å². The van der Waals surface area contributed by atoms with Crippen molar-refractivity contribution in [1.82, 2.24) is 4.90 Å². The van der Waals surface area contributed by atoms with Gasteiger partial charge in [-0.15, -0.1) is 4.71 Å². The summed E-state index contributed by atoms with van der Waals surface area (Å²) in [6.07, 6.45) is 6.90. The summed E-state index contributed by atoms with van der Waals surface area (Å²) in [6, 6.07) is 10.9. The molecule has 4 unspecified atom stereocenters. The van der Waals surface area contributed by atoms with Crippen molar-refractivity contribution in [3.63, 3.8) is 0 Å². The SMILES string of the molecule is C=[P+](C)CC(CC)[N+]1(F)CCN(C)C(Cc2ccccc2)C1. The molecule has 122 valence electrons. The number of hydrogen-bond donors (Lipinski definition) is 0. The molecule has 1 fully saturated rings. The van der Waals surface area contributed by atoms with E-state index in [0.29, 0.717) is 13.1 Å². The predicted octanol–water partition coefficient (Wildman–Crippen LogP) is 3.57. The van der Waals surface area contributed by atoms with Gasteiger partial charge in [0.15, 0.2) is 12.2 Å². The molecule has 0 bridgehead atoms. The highest BCUT2D eigenvalue weighted by Crippen LogP contribution is 2.30. The number of rotatable bonds is 6. The Labute approximate surface area is 135 Å². The van der Waals surface area contributed by atoms with Gasteiger partial charge in [-0.05, 0) is 23.5 Å². The molecule has 0 aliphatic carbocycles. The first kappa shape index (κ1) is 17.6. The molecule has 1 saturated heterocycles. The summed E-state index contributed by atoms with van der Waals surface area (Å²) < 4.78 is 15.4. The lowest BCUT2D eigenvalue weighted by molar-refractivity contribution is -1.08. The molecule has 0 spiro atoms. The zero-order chi connectivity index (χ0) is 16.2. The van der Waals surface area contributed by atoms with Gasteiger partial charge in [0.25, 0.3) is 0 Å². The summed E-state index contributed by atoms with van der Waals surface area (Å²) >= 11 is 0. The van der Waals surface area contributed by atoms with Crippen molar-refractivity contribution in [2.24, 2.45) is 0 Å². The average molecular weight is 324 g/mol. The molecule has 2 nitrogen and oxygen atoms in total. The third-order valence-corrected chi connectivity index (χ3v) is 5.97. The van der Waals surface area contributed by atoms with Crippen LogP contribution in [0.4, 0.5) is 4.48 Å². The van der Waals surface area contributed by atoms with Crippen LogP contribution in [0.1, 0.15) is 18.9 Å². The Morgan fingerprint density at radius 2 is 2.09 bits per heavy atom. The number of piperazine rings is 1. The standard InChI is InChI=1S/C18H30FN2P/c1-5-18(15-22(3)4)21(19)12-11-20(2)17(14-21)13-16-9-7-6-8-10-16/h6-10,17-18H,3,5,11-15H2,1-2,4H3/q+2. The Hall–Kier alpha value is -0.760. The maximum atomic E-state index is 15.6. The molecule has 0 N–H and O–H groups in total. The van der Waals surface area contributed by atoms with Crippen molar-refractivity contribution in [1.29, 1.82) is 0 Å². The van der Waals surface area contributed by atoms with Gasteiger partial charge in [0, 0.05) is 6.42 Å². The van der Waals surface area contributed by atoms with E-state index in [4.69, 9.17) is 0 Å². The monoisotopic (exact) mass is 324 g/mol. The van der Waals surface area contributed by atoms with E-state index in [9.17, 15) is 0 Å². The summed E-state index contributed by atoms with van der Waals surface area (Å²) in [7, 11) is 1.84. The number of benzene rings is 1. The van der Waals surface area contributed by atoms with Crippen LogP contribution in [-0.2, 0) is 6.42 Å². The number of quaternary nitrogens is 1. The number of halogens is 1. The van der Waals surface area contributed by atoms with Gasteiger partial charge in [0.05, 0.1) is 33.1 Å². The van der Waals surface area contributed by atoms with Crippen LogP contribution in [0.15, 0.2) is 30.3 Å². The summed E-state index contributed by atoms with van der Waals surface area (Å²) in [5.74, 6) is 0. The van der Waals surface area contributed by atoms with Gasteiger partial charge in [-0.25, -0.2) is 0 Å². The van der Waals surface area contributed by atoms with Crippen molar-refractivity contribution in [3.8, 4) is 0 Å². The maximum Gasteiger partial charge on any atom is 0.165 e. The zero-order valence-electron chi connectivity index (χ0n) is 14.2. The lowest BCUT2D eigenvalue weighted by Crippen LogP contribution is -2.63. The van der Waals surface area contributed by atoms with Gasteiger partial charge >= 0.3 is 0 Å². The highest BCUT2D eigenvalue weighted by molar-refractivity contribution is 7.55. The topological polar surface area (TPSA) is 3.24 Å². The summed E-state index contributed by atoms with van der Waals surface area (Å²) in [6.45, 7) is 6.33. The molecule has 0 aromatic heterocycles. The predicted molar refractivity (Wildman–Crippen MR) is 96.6 cm³/mol. The fourth-order valence-corrected chi connectivity index (χ4v) is 4.76. The third kappa shape index (κ3) is 4.38. The molecule has 4 heteroatoms. The van der Waals surface area contributed by atoms with Crippen LogP contribution >= 0.6 is 7.55 Å². The number of nitrogens with zero attached hydrogens (tertiary/aromatic N) is 2. The Morgan fingerprint density at radius 1 is 1.41 bits per heavy atom. The van der Waals surface area contributed by atoms with E-state index in [-0.39, 0.29) is 24.3 Å². The molecular formula is C18H30FN2P+2.